The van der Waals surface area contributed by atoms with Gasteiger partial charge in [0.25, 0.3) is 0 Å². The Morgan fingerprint density at radius 2 is 1.17 bits per heavy atom. The van der Waals surface area contributed by atoms with Crippen LogP contribution in [0.3, 0.4) is 0 Å². The monoisotopic (exact) mass is 262 g/mol. The zero-order valence-electron chi connectivity index (χ0n) is 11.3. The predicted molar refractivity (Wildman–Crippen MR) is 61.8 cm³/mol. The molecular formula is C12H22O6. The third-order valence-corrected chi connectivity index (χ3v) is 3.17. The van der Waals surface area contributed by atoms with Crippen LogP contribution in [0, 0.1) is 0 Å². The summed E-state index contributed by atoms with van der Waals surface area (Å²) in [5, 5.41) is 20.2. The quantitative estimate of drug-likeness (QED) is 0.746. The van der Waals surface area contributed by atoms with E-state index in [9.17, 15) is 10.2 Å². The Hall–Kier alpha value is -0.240. The third kappa shape index (κ3) is 3.01. The number of hydrogen-bond acceptors (Lipinski definition) is 6. The van der Waals surface area contributed by atoms with Crippen LogP contribution in [-0.2, 0) is 18.9 Å². The summed E-state index contributed by atoms with van der Waals surface area (Å²) in [4.78, 5) is 0. The third-order valence-electron chi connectivity index (χ3n) is 3.17. The van der Waals surface area contributed by atoms with Gasteiger partial charge in [0.15, 0.2) is 11.6 Å². The van der Waals surface area contributed by atoms with Gasteiger partial charge in [-0.25, -0.2) is 0 Å². The van der Waals surface area contributed by atoms with Crippen LogP contribution in [-0.4, -0.2) is 59.4 Å². The molecule has 2 N–H and O–H groups in total. The van der Waals surface area contributed by atoms with Gasteiger partial charge in [0, 0.05) is 0 Å². The van der Waals surface area contributed by atoms with Crippen molar-refractivity contribution in [1.29, 1.82) is 0 Å². The van der Waals surface area contributed by atoms with Gasteiger partial charge in [-0.1, -0.05) is 0 Å². The van der Waals surface area contributed by atoms with Crippen LogP contribution in [0.2, 0.25) is 0 Å². The van der Waals surface area contributed by atoms with Crippen molar-refractivity contribution in [2.24, 2.45) is 0 Å². The number of aliphatic hydroxyl groups is 2. The van der Waals surface area contributed by atoms with E-state index in [1.54, 1.807) is 27.7 Å². The lowest BCUT2D eigenvalue weighted by molar-refractivity contribution is -0.183. The summed E-state index contributed by atoms with van der Waals surface area (Å²) >= 11 is 0. The van der Waals surface area contributed by atoms with E-state index in [0.29, 0.717) is 0 Å². The molecule has 0 aromatic carbocycles. The molecule has 0 aromatic rings. The summed E-state index contributed by atoms with van der Waals surface area (Å²) < 4.78 is 21.8. The lowest BCUT2D eigenvalue weighted by atomic mass is 10.0. The van der Waals surface area contributed by atoms with E-state index in [4.69, 9.17) is 18.9 Å². The van der Waals surface area contributed by atoms with Gasteiger partial charge in [-0.15, -0.1) is 0 Å². The SMILES string of the molecule is CC1(C)OC[C@@H]([C@@H](O)[C@@H](O)[C@H]2COC(C)(C)O2)O1. The number of rotatable bonds is 3. The van der Waals surface area contributed by atoms with Gasteiger partial charge in [-0.2, -0.15) is 0 Å². The van der Waals surface area contributed by atoms with Gasteiger partial charge in [0.2, 0.25) is 0 Å². The van der Waals surface area contributed by atoms with E-state index < -0.39 is 36.0 Å². The highest BCUT2D eigenvalue weighted by atomic mass is 16.8. The molecule has 2 rings (SSSR count). The molecule has 2 fully saturated rings. The fourth-order valence-corrected chi connectivity index (χ4v) is 2.21. The van der Waals surface area contributed by atoms with E-state index in [2.05, 4.69) is 0 Å². The summed E-state index contributed by atoms with van der Waals surface area (Å²) in [6, 6.07) is 0. The fourth-order valence-electron chi connectivity index (χ4n) is 2.21. The number of aliphatic hydroxyl groups excluding tert-OH is 2. The van der Waals surface area contributed by atoms with Crippen molar-refractivity contribution in [3.05, 3.63) is 0 Å². The Kier molecular flexibility index (Phi) is 3.70. The molecule has 0 aliphatic carbocycles. The minimum absolute atomic E-state index is 0.252. The lowest BCUT2D eigenvalue weighted by Crippen LogP contribution is -2.47. The second-order valence-electron chi connectivity index (χ2n) is 5.72. The maximum absolute atomic E-state index is 10.1. The summed E-state index contributed by atoms with van der Waals surface area (Å²) in [6.07, 6.45) is -3.23. The van der Waals surface area contributed by atoms with Crippen molar-refractivity contribution in [3.8, 4) is 0 Å². The Morgan fingerprint density at radius 3 is 1.39 bits per heavy atom. The molecule has 6 nitrogen and oxygen atoms in total. The molecule has 2 saturated heterocycles. The normalized spacial score (nSPS) is 37.7. The average molecular weight is 262 g/mol. The molecule has 2 aliphatic heterocycles. The predicted octanol–water partition coefficient (Wildman–Crippen LogP) is 0.0112. The highest BCUT2D eigenvalue weighted by molar-refractivity contribution is 4.88. The summed E-state index contributed by atoms with van der Waals surface area (Å²) in [5.41, 5.74) is 0. The Morgan fingerprint density at radius 1 is 0.833 bits per heavy atom. The van der Waals surface area contributed by atoms with Gasteiger partial charge < -0.3 is 29.2 Å². The molecule has 0 spiro atoms. The van der Waals surface area contributed by atoms with Crippen LogP contribution in [0.5, 0.6) is 0 Å². The highest BCUT2D eigenvalue weighted by Gasteiger charge is 2.45. The molecule has 2 heterocycles. The Labute approximate surface area is 107 Å². The molecule has 0 saturated carbocycles. The van der Waals surface area contributed by atoms with Crippen LogP contribution >= 0.6 is 0 Å². The first-order valence-electron chi connectivity index (χ1n) is 6.20. The Bertz CT molecular complexity index is 273. The van der Waals surface area contributed by atoms with Crippen LogP contribution < -0.4 is 0 Å². The largest absolute Gasteiger partial charge is 0.387 e. The first kappa shape index (κ1) is 14.2. The molecule has 106 valence electrons. The first-order valence-corrected chi connectivity index (χ1v) is 6.20. The van der Waals surface area contributed by atoms with Gasteiger partial charge >= 0.3 is 0 Å². The van der Waals surface area contributed by atoms with Crippen LogP contribution in [0.15, 0.2) is 0 Å². The smallest absolute Gasteiger partial charge is 0.163 e. The topological polar surface area (TPSA) is 77.4 Å². The molecule has 4 atom stereocenters. The summed E-state index contributed by atoms with van der Waals surface area (Å²) in [5.74, 6) is -1.45. The molecular weight excluding hydrogens is 240 g/mol. The molecule has 2 aliphatic rings. The van der Waals surface area contributed by atoms with Crippen LogP contribution in [0.4, 0.5) is 0 Å². The molecule has 18 heavy (non-hydrogen) atoms. The van der Waals surface area contributed by atoms with Crippen molar-refractivity contribution >= 4 is 0 Å². The molecule has 0 aromatic heterocycles. The van der Waals surface area contributed by atoms with Gasteiger partial charge in [0.1, 0.15) is 24.4 Å². The summed E-state index contributed by atoms with van der Waals surface area (Å²) in [6.45, 7) is 7.58. The maximum atomic E-state index is 10.1. The molecule has 0 amide bonds. The van der Waals surface area contributed by atoms with Crippen LogP contribution in [0.25, 0.3) is 0 Å². The van der Waals surface area contributed by atoms with Gasteiger partial charge in [-0.05, 0) is 27.7 Å². The number of hydrogen-bond donors (Lipinski definition) is 2. The summed E-state index contributed by atoms with van der Waals surface area (Å²) in [7, 11) is 0. The average Bonchev–Trinajstić information content (AvgIpc) is 2.79. The molecule has 0 unspecified atom stereocenters. The van der Waals surface area contributed by atoms with Crippen molar-refractivity contribution in [3.63, 3.8) is 0 Å². The standard InChI is InChI=1S/C12H22O6/c1-11(2)15-5-7(17-11)9(13)10(14)8-6-16-12(3,4)18-8/h7-10,13-14H,5-6H2,1-4H3/t7-,8+,9+,10-. The van der Waals surface area contributed by atoms with Crippen molar-refractivity contribution in [2.75, 3.05) is 13.2 Å². The van der Waals surface area contributed by atoms with Crippen molar-refractivity contribution < 1.29 is 29.2 Å². The zero-order chi connectivity index (χ0) is 13.6. The minimum Gasteiger partial charge on any atom is -0.387 e. The first-order chi connectivity index (χ1) is 8.20. The van der Waals surface area contributed by atoms with Crippen LogP contribution in [0.1, 0.15) is 27.7 Å². The Balaban J connectivity index is 1.92. The fraction of sp³-hybridized carbons (Fsp3) is 1.00. The molecule has 0 bridgehead atoms. The molecule has 0 radical (unpaired) electrons. The highest BCUT2D eigenvalue weighted by Crippen LogP contribution is 2.29. The van der Waals surface area contributed by atoms with E-state index in [1.165, 1.54) is 0 Å². The minimum atomic E-state index is -1.06. The second kappa shape index (κ2) is 4.70. The van der Waals surface area contributed by atoms with Gasteiger partial charge in [0.05, 0.1) is 13.2 Å². The lowest BCUT2D eigenvalue weighted by Gasteiger charge is -2.27. The number of ether oxygens (including phenoxy) is 4. The molecule has 6 heteroatoms. The van der Waals surface area contributed by atoms with E-state index in [0.717, 1.165) is 0 Å². The van der Waals surface area contributed by atoms with E-state index in [-0.39, 0.29) is 13.2 Å². The second-order valence-corrected chi connectivity index (χ2v) is 5.72. The maximum Gasteiger partial charge on any atom is 0.163 e. The van der Waals surface area contributed by atoms with E-state index >= 15 is 0 Å². The van der Waals surface area contributed by atoms with Gasteiger partial charge in [-0.3, -0.25) is 0 Å². The van der Waals surface area contributed by atoms with Crippen molar-refractivity contribution in [2.45, 2.75) is 63.7 Å². The zero-order valence-corrected chi connectivity index (χ0v) is 11.3. The van der Waals surface area contributed by atoms with Crippen molar-refractivity contribution in [1.82, 2.24) is 0 Å². The van der Waals surface area contributed by atoms with E-state index in [1.807, 2.05) is 0 Å².